The van der Waals surface area contributed by atoms with E-state index >= 15 is 0 Å². The molecule has 0 aromatic heterocycles. The molecule has 1 rings (SSSR count). The van der Waals surface area contributed by atoms with E-state index in [4.69, 9.17) is 34.8 Å². The van der Waals surface area contributed by atoms with Crippen LogP contribution >= 0.6 is 34.8 Å². The molecule has 0 N–H and O–H groups in total. The van der Waals surface area contributed by atoms with Gasteiger partial charge >= 0.3 is 0 Å². The number of amides is 1. The van der Waals surface area contributed by atoms with E-state index in [1.807, 2.05) is 0 Å². The first-order chi connectivity index (χ1) is 7.82. The van der Waals surface area contributed by atoms with E-state index in [0.717, 1.165) is 19.3 Å². The van der Waals surface area contributed by atoms with Gasteiger partial charge in [-0.05, 0) is 25.7 Å². The van der Waals surface area contributed by atoms with Gasteiger partial charge in [0.15, 0.2) is 0 Å². The zero-order chi connectivity index (χ0) is 13.1. The Balaban J connectivity index is 2.73. The lowest BCUT2D eigenvalue weighted by atomic mass is 9.99. The van der Waals surface area contributed by atoms with Gasteiger partial charge in [0, 0.05) is 14.1 Å². The van der Waals surface area contributed by atoms with E-state index in [2.05, 4.69) is 6.08 Å². The highest BCUT2D eigenvalue weighted by Crippen LogP contribution is 2.29. The van der Waals surface area contributed by atoms with Crippen molar-refractivity contribution < 1.29 is 4.79 Å². The summed E-state index contributed by atoms with van der Waals surface area (Å²) in [6.07, 6.45) is 6.63. The Morgan fingerprint density at radius 2 is 2.00 bits per heavy atom. The molecule has 1 aliphatic carbocycles. The molecular formula is C11H17Cl3N2O. The van der Waals surface area contributed by atoms with Gasteiger partial charge < -0.3 is 0 Å². The minimum absolute atomic E-state index is 0.500. The topological polar surface area (TPSA) is 23.6 Å². The summed E-state index contributed by atoms with van der Waals surface area (Å²) in [4.78, 5) is 11.9. The molecule has 0 fully saturated rings. The number of carbonyl (C=O) groups excluding carboxylic acids is 1. The monoisotopic (exact) mass is 298 g/mol. The predicted molar refractivity (Wildman–Crippen MR) is 72.2 cm³/mol. The average molecular weight is 300 g/mol. The molecule has 0 saturated heterocycles. The Morgan fingerprint density at radius 3 is 2.41 bits per heavy atom. The standard InChI is InChI=1S/C11H17Cl3N2O/c1-15(2)16(10(17)11(12,13)14)8-9-6-4-3-5-7-9/h6H,3-5,7-8H2,1-2H3. The molecule has 0 bridgehead atoms. The molecule has 98 valence electrons. The molecule has 6 heteroatoms. The number of hydrogen-bond donors (Lipinski definition) is 0. The quantitative estimate of drug-likeness (QED) is 0.454. The number of rotatable bonds is 3. The predicted octanol–water partition coefficient (Wildman–Crippen LogP) is 3.16. The van der Waals surface area contributed by atoms with Crippen molar-refractivity contribution in [1.29, 1.82) is 0 Å². The fourth-order valence-electron chi connectivity index (χ4n) is 1.78. The van der Waals surface area contributed by atoms with Crippen LogP contribution in [-0.2, 0) is 4.79 Å². The number of nitrogens with zero attached hydrogens (tertiary/aromatic N) is 2. The third kappa shape index (κ3) is 4.66. The third-order valence-corrected chi connectivity index (χ3v) is 3.18. The van der Waals surface area contributed by atoms with Crippen LogP contribution in [-0.4, -0.2) is 40.4 Å². The van der Waals surface area contributed by atoms with Gasteiger partial charge in [0.1, 0.15) is 0 Å². The first kappa shape index (κ1) is 15.1. The van der Waals surface area contributed by atoms with E-state index in [-0.39, 0.29) is 0 Å². The van der Waals surface area contributed by atoms with Crippen molar-refractivity contribution in [3.63, 3.8) is 0 Å². The van der Waals surface area contributed by atoms with Gasteiger partial charge in [-0.15, -0.1) is 0 Å². The lowest BCUT2D eigenvalue weighted by Crippen LogP contribution is -2.48. The highest BCUT2D eigenvalue weighted by Gasteiger charge is 2.36. The maximum absolute atomic E-state index is 11.9. The van der Waals surface area contributed by atoms with E-state index in [1.54, 1.807) is 19.1 Å². The van der Waals surface area contributed by atoms with Gasteiger partial charge in [-0.3, -0.25) is 9.80 Å². The number of alkyl halides is 3. The second kappa shape index (κ2) is 6.28. The maximum Gasteiger partial charge on any atom is 0.289 e. The molecule has 0 saturated carbocycles. The number of hydrogen-bond acceptors (Lipinski definition) is 2. The van der Waals surface area contributed by atoms with Gasteiger partial charge in [0.2, 0.25) is 0 Å². The lowest BCUT2D eigenvalue weighted by Gasteiger charge is -2.32. The Labute approximate surface area is 117 Å². The first-order valence-electron chi connectivity index (χ1n) is 5.56. The second-order valence-corrected chi connectivity index (χ2v) is 6.60. The van der Waals surface area contributed by atoms with Gasteiger partial charge in [-0.2, -0.15) is 0 Å². The smallest absolute Gasteiger partial charge is 0.268 e. The molecule has 0 atom stereocenters. The van der Waals surface area contributed by atoms with Crippen molar-refractivity contribution >= 4 is 40.7 Å². The molecule has 0 aromatic rings. The summed E-state index contributed by atoms with van der Waals surface area (Å²) in [7, 11) is 3.52. The average Bonchev–Trinajstić information content (AvgIpc) is 2.24. The van der Waals surface area contributed by atoms with Gasteiger partial charge in [0.05, 0.1) is 6.54 Å². The number of hydrazine groups is 1. The minimum Gasteiger partial charge on any atom is -0.268 e. The fourth-order valence-corrected chi connectivity index (χ4v) is 2.07. The van der Waals surface area contributed by atoms with E-state index in [0.29, 0.717) is 6.54 Å². The summed E-state index contributed by atoms with van der Waals surface area (Å²) in [6.45, 7) is 0.500. The van der Waals surface area contributed by atoms with Crippen LogP contribution in [0.5, 0.6) is 0 Å². The van der Waals surface area contributed by atoms with Gasteiger partial charge in [0.25, 0.3) is 9.70 Å². The van der Waals surface area contributed by atoms with Crippen LogP contribution in [0.25, 0.3) is 0 Å². The van der Waals surface area contributed by atoms with E-state index in [9.17, 15) is 4.79 Å². The van der Waals surface area contributed by atoms with Crippen LogP contribution < -0.4 is 0 Å². The van der Waals surface area contributed by atoms with Crippen molar-refractivity contribution in [3.05, 3.63) is 11.6 Å². The minimum atomic E-state index is -1.90. The molecule has 0 spiro atoms. The van der Waals surface area contributed by atoms with Crippen LogP contribution in [0.15, 0.2) is 11.6 Å². The Morgan fingerprint density at radius 1 is 1.35 bits per heavy atom. The Hall–Kier alpha value is 0.0400. The molecule has 0 aromatic carbocycles. The van der Waals surface area contributed by atoms with Crippen LogP contribution in [0.4, 0.5) is 0 Å². The number of allylic oxidation sites excluding steroid dienone is 1. The maximum atomic E-state index is 11.9. The number of carbonyl (C=O) groups is 1. The highest BCUT2D eigenvalue weighted by molar-refractivity contribution is 6.76. The molecule has 0 radical (unpaired) electrons. The zero-order valence-corrected chi connectivity index (χ0v) is 12.3. The first-order valence-corrected chi connectivity index (χ1v) is 6.69. The molecule has 17 heavy (non-hydrogen) atoms. The van der Waals surface area contributed by atoms with Crippen molar-refractivity contribution in [2.75, 3.05) is 20.6 Å². The lowest BCUT2D eigenvalue weighted by molar-refractivity contribution is -0.142. The molecule has 0 unspecified atom stereocenters. The number of halogens is 3. The Kier molecular flexibility index (Phi) is 5.58. The zero-order valence-electron chi connectivity index (χ0n) is 10.0. The second-order valence-electron chi connectivity index (χ2n) is 4.32. The fraction of sp³-hybridized carbons (Fsp3) is 0.727. The van der Waals surface area contributed by atoms with Gasteiger partial charge in [-0.1, -0.05) is 46.5 Å². The van der Waals surface area contributed by atoms with E-state index in [1.165, 1.54) is 17.0 Å². The largest absolute Gasteiger partial charge is 0.289 e. The van der Waals surface area contributed by atoms with Crippen LogP contribution in [0.3, 0.4) is 0 Å². The summed E-state index contributed by atoms with van der Waals surface area (Å²) < 4.78 is -1.90. The van der Waals surface area contributed by atoms with Gasteiger partial charge in [-0.25, -0.2) is 5.01 Å². The van der Waals surface area contributed by atoms with Crippen molar-refractivity contribution in [3.8, 4) is 0 Å². The molecule has 0 aliphatic heterocycles. The molecule has 3 nitrogen and oxygen atoms in total. The van der Waals surface area contributed by atoms with E-state index < -0.39 is 9.70 Å². The third-order valence-electron chi connectivity index (χ3n) is 2.70. The normalized spacial score (nSPS) is 16.9. The summed E-state index contributed by atoms with van der Waals surface area (Å²) in [6, 6.07) is 0. The summed E-state index contributed by atoms with van der Waals surface area (Å²) in [5.41, 5.74) is 1.23. The summed E-state index contributed by atoms with van der Waals surface area (Å²) in [5, 5.41) is 3.11. The van der Waals surface area contributed by atoms with Crippen molar-refractivity contribution in [1.82, 2.24) is 10.0 Å². The highest BCUT2D eigenvalue weighted by atomic mass is 35.6. The molecule has 0 heterocycles. The molecule has 1 amide bonds. The SMILES string of the molecule is CN(C)N(CC1=CCCCC1)C(=O)C(Cl)(Cl)Cl. The summed E-state index contributed by atoms with van der Waals surface area (Å²) in [5.74, 6) is -0.515. The van der Waals surface area contributed by atoms with Crippen molar-refractivity contribution in [2.45, 2.75) is 29.5 Å². The molecule has 1 aliphatic rings. The summed E-state index contributed by atoms with van der Waals surface area (Å²) >= 11 is 16.9. The van der Waals surface area contributed by atoms with Crippen LogP contribution in [0, 0.1) is 0 Å². The Bertz CT molecular complexity index is 310. The van der Waals surface area contributed by atoms with Crippen LogP contribution in [0.1, 0.15) is 25.7 Å². The molecular weight excluding hydrogens is 282 g/mol. The van der Waals surface area contributed by atoms with Crippen molar-refractivity contribution in [2.24, 2.45) is 0 Å². The van der Waals surface area contributed by atoms with Crippen LogP contribution in [0.2, 0.25) is 0 Å².